The summed E-state index contributed by atoms with van der Waals surface area (Å²) < 4.78 is 0. The highest BCUT2D eigenvalue weighted by atomic mass is 35.5. The molecule has 100 valence electrons. The van der Waals surface area contributed by atoms with Crippen molar-refractivity contribution < 1.29 is 4.92 Å². The van der Waals surface area contributed by atoms with Gasteiger partial charge in [-0.25, -0.2) is 0 Å². The first-order valence-electron chi connectivity index (χ1n) is 5.14. The van der Waals surface area contributed by atoms with Gasteiger partial charge in [0, 0.05) is 24.2 Å². The molecule has 7 nitrogen and oxygen atoms in total. The maximum absolute atomic E-state index is 10.6. The van der Waals surface area contributed by atoms with Crippen LogP contribution in [0.4, 0.5) is 17.2 Å². The Labute approximate surface area is 117 Å². The van der Waals surface area contributed by atoms with Crippen LogP contribution in [0.2, 0.25) is 10.0 Å². The largest absolute Gasteiger partial charge is 0.384 e. The van der Waals surface area contributed by atoms with Gasteiger partial charge in [0.15, 0.2) is 0 Å². The smallest absolute Gasteiger partial charge is 0.272 e. The standard InChI is InChI=1S/C10H9Cl2N5O2/c11-7-1-6(17(18)19)2-8(12)9(7)14-3-5-4-15-16-10(5)13/h1-2,4,14H,3H2,(H3,13,15,16). The molecule has 0 aliphatic heterocycles. The second kappa shape index (κ2) is 5.33. The second-order valence-electron chi connectivity index (χ2n) is 3.70. The van der Waals surface area contributed by atoms with E-state index in [-0.39, 0.29) is 15.7 Å². The molecule has 0 aliphatic rings. The molecule has 0 amide bonds. The molecule has 0 fully saturated rings. The van der Waals surface area contributed by atoms with Crippen molar-refractivity contribution in [2.45, 2.75) is 6.54 Å². The molecule has 4 N–H and O–H groups in total. The molecule has 1 aromatic heterocycles. The molecular formula is C10H9Cl2N5O2. The fourth-order valence-electron chi connectivity index (χ4n) is 1.48. The predicted molar refractivity (Wildman–Crippen MR) is 73.4 cm³/mol. The zero-order valence-corrected chi connectivity index (χ0v) is 11.0. The average Bonchev–Trinajstić information content (AvgIpc) is 2.73. The van der Waals surface area contributed by atoms with E-state index >= 15 is 0 Å². The van der Waals surface area contributed by atoms with Crippen LogP contribution in [0.15, 0.2) is 18.3 Å². The Morgan fingerprint density at radius 1 is 1.42 bits per heavy atom. The number of anilines is 2. The van der Waals surface area contributed by atoms with Crippen molar-refractivity contribution >= 4 is 40.4 Å². The minimum absolute atomic E-state index is 0.164. The number of nitro benzene ring substituents is 1. The van der Waals surface area contributed by atoms with E-state index in [0.717, 1.165) is 5.56 Å². The first kappa shape index (κ1) is 13.4. The second-order valence-corrected chi connectivity index (χ2v) is 4.52. The Balaban J connectivity index is 2.21. The van der Waals surface area contributed by atoms with Gasteiger partial charge < -0.3 is 11.1 Å². The fourth-order valence-corrected chi connectivity index (χ4v) is 2.09. The number of benzene rings is 1. The van der Waals surface area contributed by atoms with Crippen molar-refractivity contribution in [2.24, 2.45) is 0 Å². The van der Waals surface area contributed by atoms with E-state index < -0.39 is 4.92 Å². The number of rotatable bonds is 4. The van der Waals surface area contributed by atoms with E-state index in [1.807, 2.05) is 0 Å². The zero-order chi connectivity index (χ0) is 14.0. The molecule has 0 radical (unpaired) electrons. The van der Waals surface area contributed by atoms with Crippen molar-refractivity contribution in [3.05, 3.63) is 44.1 Å². The number of hydrogen-bond acceptors (Lipinski definition) is 5. The zero-order valence-electron chi connectivity index (χ0n) is 9.48. The topological polar surface area (TPSA) is 110 Å². The van der Waals surface area contributed by atoms with Gasteiger partial charge in [-0.2, -0.15) is 5.10 Å². The van der Waals surface area contributed by atoms with E-state index in [0.29, 0.717) is 18.1 Å². The Bertz CT molecular complexity index is 605. The Morgan fingerprint density at radius 3 is 2.53 bits per heavy atom. The molecular weight excluding hydrogens is 293 g/mol. The SMILES string of the molecule is Nc1[nH]ncc1CNc1c(Cl)cc([N+](=O)[O-])cc1Cl. The van der Waals surface area contributed by atoms with Crippen molar-refractivity contribution in [3.63, 3.8) is 0 Å². The van der Waals surface area contributed by atoms with Gasteiger partial charge in [0.05, 0.1) is 26.9 Å². The third kappa shape index (κ3) is 2.88. The Morgan fingerprint density at radius 2 is 2.05 bits per heavy atom. The lowest BCUT2D eigenvalue weighted by atomic mass is 10.2. The molecule has 1 aromatic carbocycles. The molecule has 9 heteroatoms. The highest BCUT2D eigenvalue weighted by molar-refractivity contribution is 6.39. The van der Waals surface area contributed by atoms with E-state index in [9.17, 15) is 10.1 Å². The van der Waals surface area contributed by atoms with Crippen molar-refractivity contribution in [2.75, 3.05) is 11.1 Å². The van der Waals surface area contributed by atoms with Crippen LogP contribution in [0.3, 0.4) is 0 Å². The summed E-state index contributed by atoms with van der Waals surface area (Å²) in [4.78, 5) is 10.1. The molecule has 0 spiro atoms. The molecule has 19 heavy (non-hydrogen) atoms. The van der Waals surface area contributed by atoms with Crippen LogP contribution in [0.5, 0.6) is 0 Å². The van der Waals surface area contributed by atoms with Gasteiger partial charge in [-0.1, -0.05) is 23.2 Å². The van der Waals surface area contributed by atoms with Gasteiger partial charge >= 0.3 is 0 Å². The van der Waals surface area contributed by atoms with E-state index in [1.165, 1.54) is 12.1 Å². The quantitative estimate of drug-likeness (QED) is 0.594. The maximum Gasteiger partial charge on any atom is 0.272 e. The van der Waals surface area contributed by atoms with Crippen LogP contribution in [0.1, 0.15) is 5.56 Å². The summed E-state index contributed by atoms with van der Waals surface area (Å²) >= 11 is 11.9. The Kier molecular flexibility index (Phi) is 3.77. The summed E-state index contributed by atoms with van der Waals surface area (Å²) in [6.45, 7) is 0.347. The van der Waals surface area contributed by atoms with Gasteiger partial charge in [0.1, 0.15) is 5.82 Å². The number of nitrogens with two attached hydrogens (primary N) is 1. The van der Waals surface area contributed by atoms with Crippen LogP contribution in [0, 0.1) is 10.1 Å². The van der Waals surface area contributed by atoms with Crippen LogP contribution in [0.25, 0.3) is 0 Å². The monoisotopic (exact) mass is 301 g/mol. The summed E-state index contributed by atoms with van der Waals surface area (Å²) in [5.41, 5.74) is 6.62. The summed E-state index contributed by atoms with van der Waals surface area (Å²) in [5.74, 6) is 0.432. The highest BCUT2D eigenvalue weighted by Gasteiger charge is 2.14. The normalized spacial score (nSPS) is 10.4. The third-order valence-corrected chi connectivity index (χ3v) is 3.04. The maximum atomic E-state index is 10.6. The first-order chi connectivity index (χ1) is 8.99. The number of hydrogen-bond donors (Lipinski definition) is 3. The molecule has 0 aliphatic carbocycles. The van der Waals surface area contributed by atoms with E-state index in [4.69, 9.17) is 28.9 Å². The molecule has 0 bridgehead atoms. The third-order valence-electron chi connectivity index (χ3n) is 2.44. The molecule has 0 atom stereocenters. The summed E-state index contributed by atoms with van der Waals surface area (Å²) in [5, 5.41) is 20.3. The molecule has 2 rings (SSSR count). The van der Waals surface area contributed by atoms with Gasteiger partial charge in [-0.15, -0.1) is 0 Å². The first-order valence-corrected chi connectivity index (χ1v) is 5.89. The van der Waals surface area contributed by atoms with Crippen LogP contribution in [-0.2, 0) is 6.54 Å². The van der Waals surface area contributed by atoms with Crippen molar-refractivity contribution in [1.82, 2.24) is 10.2 Å². The van der Waals surface area contributed by atoms with Gasteiger partial charge in [-0.3, -0.25) is 15.2 Å². The minimum atomic E-state index is -0.560. The predicted octanol–water partition coefficient (Wildman–Crippen LogP) is 2.82. The van der Waals surface area contributed by atoms with Gasteiger partial charge in [0.2, 0.25) is 0 Å². The molecule has 0 saturated heterocycles. The van der Waals surface area contributed by atoms with Crippen LogP contribution >= 0.6 is 23.2 Å². The number of non-ortho nitro benzene ring substituents is 1. The van der Waals surface area contributed by atoms with E-state index in [1.54, 1.807) is 6.20 Å². The average molecular weight is 302 g/mol. The highest BCUT2D eigenvalue weighted by Crippen LogP contribution is 2.35. The summed E-state index contributed by atoms with van der Waals surface area (Å²) in [6.07, 6.45) is 1.57. The summed E-state index contributed by atoms with van der Waals surface area (Å²) in [6, 6.07) is 2.46. The number of aromatic nitrogens is 2. The fraction of sp³-hybridized carbons (Fsp3) is 0.100. The van der Waals surface area contributed by atoms with Gasteiger partial charge in [-0.05, 0) is 0 Å². The van der Waals surface area contributed by atoms with Crippen molar-refractivity contribution in [3.8, 4) is 0 Å². The number of nitrogens with zero attached hydrogens (tertiary/aromatic N) is 2. The lowest BCUT2D eigenvalue weighted by molar-refractivity contribution is -0.384. The van der Waals surface area contributed by atoms with E-state index in [2.05, 4.69) is 15.5 Å². The number of nitrogens with one attached hydrogen (secondary N) is 2. The lowest BCUT2D eigenvalue weighted by Crippen LogP contribution is -2.03. The minimum Gasteiger partial charge on any atom is -0.384 e. The molecule has 2 aromatic rings. The molecule has 1 heterocycles. The summed E-state index contributed by atoms with van der Waals surface area (Å²) in [7, 11) is 0. The van der Waals surface area contributed by atoms with Crippen LogP contribution < -0.4 is 11.1 Å². The Hall–Kier alpha value is -1.99. The number of nitrogen functional groups attached to an aromatic ring is 1. The lowest BCUT2D eigenvalue weighted by Gasteiger charge is -2.09. The van der Waals surface area contributed by atoms with Crippen molar-refractivity contribution in [1.29, 1.82) is 0 Å². The number of aromatic amines is 1. The number of nitro groups is 1. The number of H-pyrrole nitrogens is 1. The molecule has 0 saturated carbocycles. The van der Waals surface area contributed by atoms with Crippen LogP contribution in [-0.4, -0.2) is 15.1 Å². The van der Waals surface area contributed by atoms with Gasteiger partial charge in [0.25, 0.3) is 5.69 Å². The number of halogens is 2. The molecule has 0 unspecified atom stereocenters.